The summed E-state index contributed by atoms with van der Waals surface area (Å²) in [6.07, 6.45) is -0.434. The van der Waals surface area contributed by atoms with E-state index in [4.69, 9.17) is 9.47 Å². The topological polar surface area (TPSA) is 60.5 Å². The van der Waals surface area contributed by atoms with Gasteiger partial charge in [-0.1, -0.05) is 30.3 Å². The van der Waals surface area contributed by atoms with E-state index in [1.54, 1.807) is 0 Å². The SMILES string of the molecule is Cc1ccc2c(n1)C(CNC(=O)OCc1ccccc1)C(C)(C)O2. The van der Waals surface area contributed by atoms with Gasteiger partial charge >= 0.3 is 6.09 Å². The summed E-state index contributed by atoms with van der Waals surface area (Å²) in [6.45, 7) is 6.64. The molecule has 5 heteroatoms. The van der Waals surface area contributed by atoms with Crippen molar-refractivity contribution in [1.82, 2.24) is 10.3 Å². The number of alkyl carbamates (subject to hydrolysis) is 1. The van der Waals surface area contributed by atoms with E-state index < -0.39 is 11.7 Å². The smallest absolute Gasteiger partial charge is 0.407 e. The van der Waals surface area contributed by atoms with E-state index in [-0.39, 0.29) is 12.5 Å². The number of nitrogens with one attached hydrogen (secondary N) is 1. The summed E-state index contributed by atoms with van der Waals surface area (Å²) in [5.41, 5.74) is 2.37. The standard InChI is InChI=1S/C19H22N2O3/c1-13-9-10-16-17(21-13)15(19(2,3)24-16)11-20-18(22)23-12-14-7-5-4-6-8-14/h4-10,15H,11-12H2,1-3H3,(H,20,22). The fourth-order valence-corrected chi connectivity index (χ4v) is 2.89. The highest BCUT2D eigenvalue weighted by molar-refractivity contribution is 5.67. The Bertz CT molecular complexity index is 729. The van der Waals surface area contributed by atoms with Gasteiger partial charge in [-0.3, -0.25) is 4.98 Å². The average Bonchev–Trinajstić information content (AvgIpc) is 2.81. The molecule has 0 spiro atoms. The molecule has 0 saturated carbocycles. The minimum Gasteiger partial charge on any atom is -0.485 e. The van der Waals surface area contributed by atoms with E-state index in [0.717, 1.165) is 22.7 Å². The Morgan fingerprint density at radius 3 is 2.75 bits per heavy atom. The van der Waals surface area contributed by atoms with Crippen molar-refractivity contribution in [3.05, 3.63) is 59.4 Å². The largest absolute Gasteiger partial charge is 0.485 e. The Morgan fingerprint density at radius 1 is 1.25 bits per heavy atom. The van der Waals surface area contributed by atoms with Crippen LogP contribution in [0, 0.1) is 6.92 Å². The van der Waals surface area contributed by atoms with Gasteiger partial charge in [-0.2, -0.15) is 0 Å². The van der Waals surface area contributed by atoms with Gasteiger partial charge in [-0.05, 0) is 38.5 Å². The van der Waals surface area contributed by atoms with Crippen LogP contribution < -0.4 is 10.1 Å². The molecule has 24 heavy (non-hydrogen) atoms. The summed E-state index contributed by atoms with van der Waals surface area (Å²) in [5, 5.41) is 2.83. The van der Waals surface area contributed by atoms with Crippen LogP contribution in [-0.2, 0) is 11.3 Å². The highest BCUT2D eigenvalue weighted by Crippen LogP contribution is 2.43. The first kappa shape index (κ1) is 16.3. The van der Waals surface area contributed by atoms with Crippen molar-refractivity contribution < 1.29 is 14.3 Å². The molecule has 1 aromatic heterocycles. The number of rotatable bonds is 4. The summed E-state index contributed by atoms with van der Waals surface area (Å²) >= 11 is 0. The molecule has 1 atom stereocenters. The normalized spacial score (nSPS) is 17.7. The van der Waals surface area contributed by atoms with Crippen LogP contribution in [0.15, 0.2) is 42.5 Å². The summed E-state index contributed by atoms with van der Waals surface area (Å²) in [4.78, 5) is 16.6. The van der Waals surface area contributed by atoms with Crippen LogP contribution in [0.1, 0.15) is 36.7 Å². The number of hydrogen-bond acceptors (Lipinski definition) is 4. The van der Waals surface area contributed by atoms with E-state index in [1.807, 2.05) is 63.2 Å². The maximum atomic E-state index is 12.0. The third-order valence-electron chi connectivity index (χ3n) is 4.23. The second-order valence-electron chi connectivity index (χ2n) is 6.54. The molecule has 126 valence electrons. The molecule has 2 heterocycles. The highest BCUT2D eigenvalue weighted by atomic mass is 16.5. The molecule has 1 N–H and O–H groups in total. The molecule has 1 unspecified atom stereocenters. The Morgan fingerprint density at radius 2 is 2.00 bits per heavy atom. The number of fused-ring (bicyclic) bond motifs is 1. The number of benzene rings is 1. The molecule has 1 aromatic carbocycles. The van der Waals surface area contributed by atoms with Gasteiger partial charge in [0.2, 0.25) is 0 Å². The molecule has 5 nitrogen and oxygen atoms in total. The van der Waals surface area contributed by atoms with Gasteiger partial charge in [0.1, 0.15) is 18.0 Å². The van der Waals surface area contributed by atoms with Crippen molar-refractivity contribution >= 4 is 6.09 Å². The number of amides is 1. The van der Waals surface area contributed by atoms with Gasteiger partial charge in [-0.15, -0.1) is 0 Å². The second-order valence-corrected chi connectivity index (χ2v) is 6.54. The lowest BCUT2D eigenvalue weighted by molar-refractivity contribution is 0.104. The molecule has 2 aromatic rings. The zero-order valence-electron chi connectivity index (χ0n) is 14.2. The third kappa shape index (κ3) is 3.50. The number of ether oxygens (including phenoxy) is 2. The Labute approximate surface area is 142 Å². The van der Waals surface area contributed by atoms with Crippen molar-refractivity contribution in [1.29, 1.82) is 0 Å². The summed E-state index contributed by atoms with van der Waals surface area (Å²) < 4.78 is 11.2. The number of aromatic nitrogens is 1. The Hall–Kier alpha value is -2.56. The van der Waals surface area contributed by atoms with Crippen LogP contribution in [0.5, 0.6) is 5.75 Å². The van der Waals surface area contributed by atoms with Gasteiger partial charge in [0.15, 0.2) is 0 Å². The number of carbonyl (C=O) groups excluding carboxylic acids is 1. The lowest BCUT2D eigenvalue weighted by atomic mass is 9.90. The molecule has 0 bridgehead atoms. The van der Waals surface area contributed by atoms with Crippen molar-refractivity contribution in [3.63, 3.8) is 0 Å². The molecule has 0 radical (unpaired) electrons. The predicted octanol–water partition coefficient (Wildman–Crippen LogP) is 3.57. The first-order valence-corrected chi connectivity index (χ1v) is 8.07. The van der Waals surface area contributed by atoms with Crippen LogP contribution in [0.3, 0.4) is 0 Å². The van der Waals surface area contributed by atoms with Crippen molar-refractivity contribution in [3.8, 4) is 5.75 Å². The summed E-state index contributed by atoms with van der Waals surface area (Å²) in [5.74, 6) is 0.770. The fraction of sp³-hybridized carbons (Fsp3) is 0.368. The molecule has 1 aliphatic rings. The molecular weight excluding hydrogens is 304 g/mol. The minimum atomic E-state index is -0.434. The number of nitrogens with zero attached hydrogens (tertiary/aromatic N) is 1. The maximum Gasteiger partial charge on any atom is 0.407 e. The lowest BCUT2D eigenvalue weighted by Crippen LogP contribution is -2.39. The third-order valence-corrected chi connectivity index (χ3v) is 4.23. The zero-order valence-corrected chi connectivity index (χ0v) is 14.2. The van der Waals surface area contributed by atoms with Crippen molar-refractivity contribution in [2.24, 2.45) is 0 Å². The zero-order chi connectivity index (χ0) is 17.2. The van der Waals surface area contributed by atoms with Gasteiger partial charge in [0, 0.05) is 12.2 Å². The second kappa shape index (κ2) is 6.51. The molecular formula is C19H22N2O3. The van der Waals surface area contributed by atoms with E-state index >= 15 is 0 Å². The quantitative estimate of drug-likeness (QED) is 0.933. The number of carbonyl (C=O) groups is 1. The van der Waals surface area contributed by atoms with Crippen LogP contribution in [0.25, 0.3) is 0 Å². The molecule has 1 amide bonds. The van der Waals surface area contributed by atoms with E-state index in [1.165, 1.54) is 0 Å². The highest BCUT2D eigenvalue weighted by Gasteiger charge is 2.42. The monoisotopic (exact) mass is 326 g/mol. The van der Waals surface area contributed by atoms with Gasteiger partial charge < -0.3 is 14.8 Å². The molecule has 3 rings (SSSR count). The summed E-state index contributed by atoms with van der Waals surface area (Å²) in [6, 6.07) is 13.5. The van der Waals surface area contributed by atoms with Crippen LogP contribution in [-0.4, -0.2) is 23.2 Å². The number of pyridine rings is 1. The molecule has 0 fully saturated rings. The predicted molar refractivity (Wildman–Crippen MR) is 91.1 cm³/mol. The lowest BCUT2D eigenvalue weighted by Gasteiger charge is -2.25. The van der Waals surface area contributed by atoms with Crippen LogP contribution >= 0.6 is 0 Å². The Balaban J connectivity index is 1.59. The number of aryl methyl sites for hydroxylation is 1. The molecule has 0 saturated heterocycles. The minimum absolute atomic E-state index is 0.0170. The first-order valence-electron chi connectivity index (χ1n) is 8.07. The average molecular weight is 326 g/mol. The fourth-order valence-electron chi connectivity index (χ4n) is 2.89. The van der Waals surface area contributed by atoms with Crippen molar-refractivity contribution in [2.45, 2.75) is 38.9 Å². The molecule has 0 aliphatic carbocycles. The van der Waals surface area contributed by atoms with E-state index in [2.05, 4.69) is 10.3 Å². The Kier molecular flexibility index (Phi) is 4.42. The van der Waals surface area contributed by atoms with Gasteiger partial charge in [0.25, 0.3) is 0 Å². The van der Waals surface area contributed by atoms with Crippen LogP contribution in [0.4, 0.5) is 4.79 Å². The van der Waals surface area contributed by atoms with E-state index in [0.29, 0.717) is 6.54 Å². The summed E-state index contributed by atoms with van der Waals surface area (Å²) in [7, 11) is 0. The van der Waals surface area contributed by atoms with Gasteiger partial charge in [0.05, 0.1) is 11.6 Å². The van der Waals surface area contributed by atoms with Gasteiger partial charge in [-0.25, -0.2) is 4.79 Å². The number of hydrogen-bond donors (Lipinski definition) is 1. The van der Waals surface area contributed by atoms with Crippen molar-refractivity contribution in [2.75, 3.05) is 6.54 Å². The molecule has 1 aliphatic heterocycles. The first-order chi connectivity index (χ1) is 11.5. The maximum absolute atomic E-state index is 12.0. The van der Waals surface area contributed by atoms with Crippen LogP contribution in [0.2, 0.25) is 0 Å². The van der Waals surface area contributed by atoms with E-state index in [9.17, 15) is 4.79 Å².